The minimum atomic E-state index is 0.440. The molecule has 6 heteroatoms. The molecule has 2 aromatic rings. The van der Waals surface area contributed by atoms with Crippen molar-refractivity contribution in [3.8, 4) is 0 Å². The van der Waals surface area contributed by atoms with Gasteiger partial charge in [-0.25, -0.2) is 0 Å². The summed E-state index contributed by atoms with van der Waals surface area (Å²) >= 11 is 18.3. The van der Waals surface area contributed by atoms with E-state index in [2.05, 4.69) is 39.7 Å². The maximum Gasteiger partial charge on any atom is 0.0935 e. The minimum Gasteiger partial charge on any atom is -0.372 e. The number of hydrogen-bond donors (Lipinski definition) is 1. The van der Waals surface area contributed by atoms with Gasteiger partial charge in [0.25, 0.3) is 0 Å². The van der Waals surface area contributed by atoms with Gasteiger partial charge in [-0.3, -0.25) is 5.43 Å². The molecule has 1 aliphatic heterocycles. The van der Waals surface area contributed by atoms with Crippen molar-refractivity contribution in [2.45, 2.75) is 32.6 Å². The second-order valence-electron chi connectivity index (χ2n) is 6.50. The number of anilines is 2. The van der Waals surface area contributed by atoms with E-state index in [9.17, 15) is 0 Å². The highest BCUT2D eigenvalue weighted by Crippen LogP contribution is 2.33. The zero-order chi connectivity index (χ0) is 18.5. The first-order valence-corrected chi connectivity index (χ1v) is 9.98. The minimum absolute atomic E-state index is 0.440. The maximum absolute atomic E-state index is 6.18. The van der Waals surface area contributed by atoms with Gasteiger partial charge in [-0.05, 0) is 49.6 Å². The molecule has 1 N–H and O–H groups in total. The molecule has 1 fully saturated rings. The molecule has 138 valence electrons. The van der Waals surface area contributed by atoms with Crippen LogP contribution in [-0.2, 0) is 0 Å². The van der Waals surface area contributed by atoms with Crippen LogP contribution in [0.25, 0.3) is 0 Å². The van der Waals surface area contributed by atoms with Crippen molar-refractivity contribution in [1.82, 2.24) is 0 Å². The fourth-order valence-corrected chi connectivity index (χ4v) is 4.00. The Balaban J connectivity index is 1.71. The third-order valence-electron chi connectivity index (χ3n) is 4.60. The van der Waals surface area contributed by atoms with E-state index in [1.165, 1.54) is 31.4 Å². The first-order valence-electron chi connectivity index (χ1n) is 8.85. The molecule has 2 aromatic carbocycles. The zero-order valence-corrected chi connectivity index (χ0v) is 17.0. The lowest BCUT2D eigenvalue weighted by Gasteiger charge is -2.22. The molecule has 0 saturated carbocycles. The van der Waals surface area contributed by atoms with Gasteiger partial charge in [0.15, 0.2) is 0 Å². The summed E-state index contributed by atoms with van der Waals surface area (Å²) < 4.78 is 0. The van der Waals surface area contributed by atoms with E-state index in [4.69, 9.17) is 34.8 Å². The molecule has 0 bridgehead atoms. The maximum atomic E-state index is 6.18. The Morgan fingerprint density at radius 1 is 0.923 bits per heavy atom. The highest BCUT2D eigenvalue weighted by Gasteiger charge is 2.10. The van der Waals surface area contributed by atoms with Gasteiger partial charge < -0.3 is 4.90 Å². The lowest BCUT2D eigenvalue weighted by Crippen LogP contribution is -2.23. The summed E-state index contributed by atoms with van der Waals surface area (Å²) in [6.07, 6.45) is 5.22. The second-order valence-corrected chi connectivity index (χ2v) is 7.75. The fourth-order valence-electron chi connectivity index (χ4n) is 3.10. The van der Waals surface area contributed by atoms with Crippen molar-refractivity contribution in [2.75, 3.05) is 23.4 Å². The molecule has 1 aliphatic rings. The van der Waals surface area contributed by atoms with Gasteiger partial charge in [-0.15, -0.1) is 0 Å². The molecule has 0 aliphatic carbocycles. The molecule has 0 radical (unpaired) electrons. The third kappa shape index (κ3) is 4.85. The standard InChI is InChI=1S/C20H22Cl3N3/c1-14(24-25-20-18(22)12-16(21)13-19(20)23)15-6-8-17(9-7-15)26-10-4-2-3-5-11-26/h6-9,12-13,25H,2-5,10-11H2,1H3/b24-14+. The molecule has 1 heterocycles. The van der Waals surface area contributed by atoms with Crippen LogP contribution in [0, 0.1) is 0 Å². The second kappa shape index (κ2) is 8.98. The Labute approximate surface area is 169 Å². The first-order chi connectivity index (χ1) is 12.5. The topological polar surface area (TPSA) is 27.6 Å². The van der Waals surface area contributed by atoms with Crippen molar-refractivity contribution < 1.29 is 0 Å². The van der Waals surface area contributed by atoms with Gasteiger partial charge in [0.1, 0.15) is 0 Å². The SMILES string of the molecule is C/C(=N\Nc1c(Cl)cc(Cl)cc1Cl)c1ccc(N2CCCCCC2)cc1. The van der Waals surface area contributed by atoms with Crippen LogP contribution in [0.1, 0.15) is 38.2 Å². The summed E-state index contributed by atoms with van der Waals surface area (Å²) in [5.74, 6) is 0. The number of rotatable bonds is 4. The van der Waals surface area contributed by atoms with Gasteiger partial charge >= 0.3 is 0 Å². The molecule has 0 atom stereocenters. The van der Waals surface area contributed by atoms with Gasteiger partial charge in [-0.1, -0.05) is 59.8 Å². The molecular formula is C20H22Cl3N3. The van der Waals surface area contributed by atoms with E-state index in [1.807, 2.05) is 6.92 Å². The number of benzene rings is 2. The van der Waals surface area contributed by atoms with Crippen molar-refractivity contribution >= 4 is 51.9 Å². The smallest absolute Gasteiger partial charge is 0.0935 e. The largest absolute Gasteiger partial charge is 0.372 e. The van der Waals surface area contributed by atoms with Gasteiger partial charge in [0.2, 0.25) is 0 Å². The number of hydrazone groups is 1. The quantitative estimate of drug-likeness (QED) is 0.440. The average Bonchev–Trinajstić information content (AvgIpc) is 2.90. The van der Waals surface area contributed by atoms with Crippen LogP contribution >= 0.6 is 34.8 Å². The fraction of sp³-hybridized carbons (Fsp3) is 0.350. The molecule has 3 nitrogen and oxygen atoms in total. The Hall–Kier alpha value is -1.42. The lowest BCUT2D eigenvalue weighted by atomic mass is 10.1. The van der Waals surface area contributed by atoms with Crippen LogP contribution < -0.4 is 10.3 Å². The molecular weight excluding hydrogens is 389 g/mol. The van der Waals surface area contributed by atoms with Crippen LogP contribution in [-0.4, -0.2) is 18.8 Å². The van der Waals surface area contributed by atoms with Crippen LogP contribution in [0.3, 0.4) is 0 Å². The Morgan fingerprint density at radius 3 is 2.08 bits per heavy atom. The van der Waals surface area contributed by atoms with E-state index in [0.29, 0.717) is 20.8 Å². The first kappa shape index (κ1) is 19.3. The molecule has 1 saturated heterocycles. The Bertz CT molecular complexity index is 756. The summed E-state index contributed by atoms with van der Waals surface area (Å²) in [6.45, 7) is 4.23. The number of nitrogens with zero attached hydrogens (tertiary/aromatic N) is 2. The summed E-state index contributed by atoms with van der Waals surface area (Å²) in [5, 5.41) is 5.79. The number of nitrogens with one attached hydrogen (secondary N) is 1. The average molecular weight is 411 g/mol. The molecule has 0 spiro atoms. The Morgan fingerprint density at radius 2 is 1.50 bits per heavy atom. The summed E-state index contributed by atoms with van der Waals surface area (Å²) in [4.78, 5) is 2.47. The van der Waals surface area contributed by atoms with Crippen LogP contribution in [0.4, 0.5) is 11.4 Å². The zero-order valence-electron chi connectivity index (χ0n) is 14.7. The van der Waals surface area contributed by atoms with E-state index in [-0.39, 0.29) is 0 Å². The van der Waals surface area contributed by atoms with Gasteiger partial charge in [-0.2, -0.15) is 5.10 Å². The van der Waals surface area contributed by atoms with E-state index >= 15 is 0 Å². The lowest BCUT2D eigenvalue weighted by molar-refractivity contribution is 0.726. The van der Waals surface area contributed by atoms with Crippen molar-refractivity contribution in [3.05, 3.63) is 57.0 Å². The van der Waals surface area contributed by atoms with Crippen molar-refractivity contribution in [3.63, 3.8) is 0 Å². The van der Waals surface area contributed by atoms with Gasteiger partial charge in [0, 0.05) is 23.8 Å². The van der Waals surface area contributed by atoms with E-state index in [0.717, 1.165) is 24.4 Å². The monoisotopic (exact) mass is 409 g/mol. The summed E-state index contributed by atoms with van der Waals surface area (Å²) in [7, 11) is 0. The van der Waals surface area contributed by atoms with Gasteiger partial charge in [0.05, 0.1) is 21.4 Å². The van der Waals surface area contributed by atoms with Crippen molar-refractivity contribution in [1.29, 1.82) is 0 Å². The summed E-state index contributed by atoms with van der Waals surface area (Å²) in [6, 6.07) is 11.8. The normalized spacial score (nSPS) is 15.7. The predicted molar refractivity (Wildman–Crippen MR) is 114 cm³/mol. The van der Waals surface area contributed by atoms with Crippen molar-refractivity contribution in [2.24, 2.45) is 5.10 Å². The molecule has 0 unspecified atom stereocenters. The highest BCUT2D eigenvalue weighted by molar-refractivity contribution is 6.41. The van der Waals surface area contributed by atoms with Crippen LogP contribution in [0.5, 0.6) is 0 Å². The summed E-state index contributed by atoms with van der Waals surface area (Å²) in [5.41, 5.74) is 6.69. The van der Waals surface area contributed by atoms with Crippen LogP contribution in [0.15, 0.2) is 41.5 Å². The highest BCUT2D eigenvalue weighted by atomic mass is 35.5. The number of hydrogen-bond acceptors (Lipinski definition) is 3. The number of halogens is 3. The van der Waals surface area contributed by atoms with Crippen LogP contribution in [0.2, 0.25) is 15.1 Å². The Kier molecular flexibility index (Phi) is 6.68. The van der Waals surface area contributed by atoms with E-state index in [1.54, 1.807) is 12.1 Å². The molecule has 26 heavy (non-hydrogen) atoms. The third-order valence-corrected chi connectivity index (χ3v) is 5.41. The van der Waals surface area contributed by atoms with E-state index < -0.39 is 0 Å². The molecule has 0 aromatic heterocycles. The predicted octanol–water partition coefficient (Wildman–Crippen LogP) is 6.86. The molecule has 0 amide bonds. The molecule has 3 rings (SSSR count).